The maximum atomic E-state index is 13.7. The minimum atomic E-state index is -0.603. The zero-order valence-electron chi connectivity index (χ0n) is 12.0. The molecule has 0 amide bonds. The number of aromatic hydroxyl groups is 1. The van der Waals surface area contributed by atoms with E-state index in [1.807, 2.05) is 0 Å². The molecule has 1 aliphatic rings. The third kappa shape index (κ3) is 3.43. The fourth-order valence-electron chi connectivity index (χ4n) is 2.76. The van der Waals surface area contributed by atoms with Gasteiger partial charge in [-0.1, -0.05) is 25.4 Å². The van der Waals surface area contributed by atoms with Crippen LogP contribution in [0.1, 0.15) is 31.9 Å². The third-order valence-corrected chi connectivity index (χ3v) is 4.06. The van der Waals surface area contributed by atoms with Crippen LogP contribution < -0.4 is 5.32 Å². The van der Waals surface area contributed by atoms with E-state index in [-0.39, 0.29) is 11.8 Å². The first-order valence-corrected chi connectivity index (χ1v) is 7.50. The molecule has 0 unspecified atom stereocenters. The monoisotopic (exact) mass is 300 g/mol. The molecule has 1 heterocycles. The molecule has 1 saturated heterocycles. The third-order valence-electron chi connectivity index (χ3n) is 3.73. The van der Waals surface area contributed by atoms with Crippen molar-refractivity contribution >= 4 is 11.6 Å². The van der Waals surface area contributed by atoms with Crippen molar-refractivity contribution in [2.24, 2.45) is 5.92 Å². The van der Waals surface area contributed by atoms with E-state index in [4.69, 9.17) is 11.6 Å². The summed E-state index contributed by atoms with van der Waals surface area (Å²) in [6.07, 6.45) is 0.844. The Morgan fingerprint density at radius 2 is 2.00 bits per heavy atom. The summed E-state index contributed by atoms with van der Waals surface area (Å²) in [4.78, 5) is 2.27. The van der Waals surface area contributed by atoms with Crippen molar-refractivity contribution in [3.05, 3.63) is 28.5 Å². The first kappa shape index (κ1) is 15.5. The summed E-state index contributed by atoms with van der Waals surface area (Å²) in [6, 6.07) is 2.70. The molecule has 0 aromatic heterocycles. The molecule has 1 atom stereocenters. The Morgan fingerprint density at radius 1 is 1.35 bits per heavy atom. The molecule has 2 rings (SSSR count). The number of hydrogen-bond donors (Lipinski definition) is 2. The van der Waals surface area contributed by atoms with Crippen LogP contribution in [0.4, 0.5) is 4.39 Å². The Labute approximate surface area is 124 Å². The highest BCUT2D eigenvalue weighted by molar-refractivity contribution is 6.31. The van der Waals surface area contributed by atoms with Gasteiger partial charge < -0.3 is 10.4 Å². The molecule has 3 nitrogen and oxygen atoms in total. The molecule has 5 heteroatoms. The Balaban J connectivity index is 2.37. The summed E-state index contributed by atoms with van der Waals surface area (Å²) in [7, 11) is 0. The lowest BCUT2D eigenvalue weighted by Crippen LogP contribution is -2.45. The van der Waals surface area contributed by atoms with Crippen LogP contribution >= 0.6 is 11.6 Å². The summed E-state index contributed by atoms with van der Waals surface area (Å²) in [6.45, 7) is 7.82. The molecule has 20 heavy (non-hydrogen) atoms. The predicted octanol–water partition coefficient (Wildman–Crippen LogP) is 3.18. The average molecular weight is 301 g/mol. The Hall–Kier alpha value is -0.840. The van der Waals surface area contributed by atoms with Gasteiger partial charge in [0.1, 0.15) is 0 Å². The Bertz CT molecular complexity index is 461. The molecular weight excluding hydrogens is 279 g/mol. The van der Waals surface area contributed by atoms with Crippen LogP contribution in [0, 0.1) is 11.7 Å². The van der Waals surface area contributed by atoms with Gasteiger partial charge in [-0.2, -0.15) is 0 Å². The molecule has 0 spiro atoms. The molecule has 112 valence electrons. The number of phenolic OH excluding ortho intramolecular Hbond substituents is 1. The van der Waals surface area contributed by atoms with Gasteiger partial charge in [-0.15, -0.1) is 0 Å². The SMILES string of the molecule is CC(C)C[C@@H](c1c(Cl)ccc(F)c1O)N1CCNCC1. The number of nitrogens with zero attached hydrogens (tertiary/aromatic N) is 1. The number of halogens is 2. The van der Waals surface area contributed by atoms with Crippen molar-refractivity contribution in [3.8, 4) is 5.75 Å². The summed E-state index contributed by atoms with van der Waals surface area (Å²) in [5, 5.41) is 13.8. The molecule has 1 aromatic rings. The van der Waals surface area contributed by atoms with Crippen molar-refractivity contribution in [2.45, 2.75) is 26.3 Å². The largest absolute Gasteiger partial charge is 0.505 e. The molecule has 2 N–H and O–H groups in total. The number of benzene rings is 1. The standard InChI is InChI=1S/C15H22ClFN2O/c1-10(2)9-13(19-7-5-18-6-8-19)14-11(16)3-4-12(17)15(14)20/h3-4,10,13,18,20H,5-9H2,1-2H3/t13-/m0/s1. The lowest BCUT2D eigenvalue weighted by molar-refractivity contribution is 0.151. The molecule has 0 aliphatic carbocycles. The van der Waals surface area contributed by atoms with Crippen LogP contribution in [-0.4, -0.2) is 36.2 Å². The highest BCUT2D eigenvalue weighted by atomic mass is 35.5. The van der Waals surface area contributed by atoms with Crippen molar-refractivity contribution in [3.63, 3.8) is 0 Å². The predicted molar refractivity (Wildman–Crippen MR) is 79.7 cm³/mol. The lowest BCUT2D eigenvalue weighted by Gasteiger charge is -2.36. The van der Waals surface area contributed by atoms with E-state index < -0.39 is 5.82 Å². The molecule has 0 bridgehead atoms. The van der Waals surface area contributed by atoms with Crippen LogP contribution in [0.5, 0.6) is 5.75 Å². The normalized spacial score (nSPS) is 18.4. The number of hydrogen-bond acceptors (Lipinski definition) is 3. The molecule has 0 radical (unpaired) electrons. The van der Waals surface area contributed by atoms with Gasteiger partial charge in [0.25, 0.3) is 0 Å². The minimum absolute atomic E-state index is 0.0414. The first-order chi connectivity index (χ1) is 9.50. The van der Waals surface area contributed by atoms with Gasteiger partial charge in [-0.25, -0.2) is 4.39 Å². The molecule has 1 aliphatic heterocycles. The highest BCUT2D eigenvalue weighted by Gasteiger charge is 2.28. The zero-order valence-corrected chi connectivity index (χ0v) is 12.8. The van der Waals surface area contributed by atoms with Gasteiger partial charge >= 0.3 is 0 Å². The van der Waals surface area contributed by atoms with E-state index in [0.717, 1.165) is 32.6 Å². The van der Waals surface area contributed by atoms with Crippen LogP contribution in [0.2, 0.25) is 5.02 Å². The summed E-state index contributed by atoms with van der Waals surface area (Å²) in [5.41, 5.74) is 0.530. The number of piperazine rings is 1. The van der Waals surface area contributed by atoms with Crippen molar-refractivity contribution < 1.29 is 9.50 Å². The number of phenols is 1. The maximum absolute atomic E-state index is 13.7. The van der Waals surface area contributed by atoms with Crippen LogP contribution in [0.3, 0.4) is 0 Å². The lowest BCUT2D eigenvalue weighted by atomic mass is 9.94. The van der Waals surface area contributed by atoms with Crippen molar-refractivity contribution in [1.82, 2.24) is 10.2 Å². The molecule has 1 aromatic carbocycles. The van der Waals surface area contributed by atoms with Crippen molar-refractivity contribution in [1.29, 1.82) is 0 Å². The summed E-state index contributed by atoms with van der Waals surface area (Å²) >= 11 is 6.23. The minimum Gasteiger partial charge on any atom is -0.505 e. The first-order valence-electron chi connectivity index (χ1n) is 7.12. The maximum Gasteiger partial charge on any atom is 0.165 e. The van der Waals surface area contributed by atoms with Crippen molar-refractivity contribution in [2.75, 3.05) is 26.2 Å². The van der Waals surface area contributed by atoms with Gasteiger partial charge in [0, 0.05) is 42.8 Å². The van der Waals surface area contributed by atoms with E-state index in [2.05, 4.69) is 24.1 Å². The van der Waals surface area contributed by atoms with Gasteiger partial charge in [-0.3, -0.25) is 4.90 Å². The van der Waals surface area contributed by atoms with Crippen LogP contribution in [-0.2, 0) is 0 Å². The van der Waals surface area contributed by atoms with E-state index in [0.29, 0.717) is 16.5 Å². The molecular formula is C15H22ClFN2O. The van der Waals surface area contributed by atoms with Crippen LogP contribution in [0.15, 0.2) is 12.1 Å². The number of nitrogens with one attached hydrogen (secondary N) is 1. The van der Waals surface area contributed by atoms with Gasteiger partial charge in [0.05, 0.1) is 0 Å². The van der Waals surface area contributed by atoms with Gasteiger partial charge in [-0.05, 0) is 24.5 Å². The highest BCUT2D eigenvalue weighted by Crippen LogP contribution is 2.39. The second-order valence-corrected chi connectivity index (χ2v) is 6.13. The fourth-order valence-corrected chi connectivity index (χ4v) is 3.04. The zero-order chi connectivity index (χ0) is 14.7. The second kappa shape index (κ2) is 6.74. The quantitative estimate of drug-likeness (QED) is 0.896. The molecule has 1 fully saturated rings. The van der Waals surface area contributed by atoms with Gasteiger partial charge in [0.15, 0.2) is 11.6 Å². The van der Waals surface area contributed by atoms with E-state index in [1.165, 1.54) is 12.1 Å². The van der Waals surface area contributed by atoms with E-state index in [9.17, 15) is 9.50 Å². The van der Waals surface area contributed by atoms with Gasteiger partial charge in [0.2, 0.25) is 0 Å². The van der Waals surface area contributed by atoms with Crippen LogP contribution in [0.25, 0.3) is 0 Å². The smallest absolute Gasteiger partial charge is 0.165 e. The number of rotatable bonds is 4. The average Bonchev–Trinajstić information content (AvgIpc) is 2.43. The summed E-state index contributed by atoms with van der Waals surface area (Å²) in [5.74, 6) is -0.469. The van der Waals surface area contributed by atoms with E-state index >= 15 is 0 Å². The summed E-state index contributed by atoms with van der Waals surface area (Å²) < 4.78 is 13.7. The second-order valence-electron chi connectivity index (χ2n) is 5.72. The van der Waals surface area contributed by atoms with E-state index in [1.54, 1.807) is 0 Å². The Kier molecular flexibility index (Phi) is 5.24. The molecule has 0 saturated carbocycles. The Morgan fingerprint density at radius 3 is 2.60 bits per heavy atom. The fraction of sp³-hybridized carbons (Fsp3) is 0.600. The topological polar surface area (TPSA) is 35.5 Å².